The first-order valence-electron chi connectivity index (χ1n) is 10.8. The lowest BCUT2D eigenvalue weighted by Gasteiger charge is -2.38. The van der Waals surface area contributed by atoms with Gasteiger partial charge in [-0.1, -0.05) is 61.4 Å². The van der Waals surface area contributed by atoms with Crippen LogP contribution in [0.5, 0.6) is 5.75 Å². The van der Waals surface area contributed by atoms with E-state index in [0.29, 0.717) is 11.9 Å². The average Bonchev–Trinajstić information content (AvgIpc) is 3.31. The summed E-state index contributed by atoms with van der Waals surface area (Å²) in [6, 6.07) is 20.5. The van der Waals surface area contributed by atoms with Crippen molar-refractivity contribution in [3.63, 3.8) is 0 Å². The van der Waals surface area contributed by atoms with Crippen molar-refractivity contribution in [2.45, 2.75) is 31.9 Å². The summed E-state index contributed by atoms with van der Waals surface area (Å²) in [4.78, 5) is 4.36. The molecule has 4 heterocycles. The molecule has 1 N–H and O–H groups in total. The summed E-state index contributed by atoms with van der Waals surface area (Å²) >= 11 is 0. The van der Waals surface area contributed by atoms with E-state index in [-0.39, 0.29) is 12.1 Å². The number of fused-ring (bicyclic) bond motifs is 3. The Morgan fingerprint density at radius 3 is 2.59 bits per heavy atom. The molecule has 2 aromatic heterocycles. The Labute approximate surface area is 185 Å². The number of hydrogen-bond acceptors (Lipinski definition) is 6. The predicted molar refractivity (Wildman–Crippen MR) is 121 cm³/mol. The zero-order valence-corrected chi connectivity index (χ0v) is 17.8. The van der Waals surface area contributed by atoms with Gasteiger partial charge in [0.1, 0.15) is 17.9 Å². The van der Waals surface area contributed by atoms with E-state index in [4.69, 9.17) is 4.74 Å². The van der Waals surface area contributed by atoms with E-state index in [1.807, 2.05) is 35.1 Å². The van der Waals surface area contributed by atoms with Gasteiger partial charge < -0.3 is 10.1 Å². The molecule has 0 saturated heterocycles. The van der Waals surface area contributed by atoms with Crippen molar-refractivity contribution in [2.24, 2.45) is 0 Å². The number of rotatable bonds is 3. The minimum atomic E-state index is -0.295. The van der Waals surface area contributed by atoms with Crippen molar-refractivity contribution in [2.75, 3.05) is 5.32 Å². The summed E-state index contributed by atoms with van der Waals surface area (Å²) in [7, 11) is 0. The molecular weight excluding hydrogens is 400 g/mol. The highest BCUT2D eigenvalue weighted by molar-refractivity contribution is 5.85. The maximum Gasteiger partial charge on any atom is 0.248 e. The Kier molecular flexibility index (Phi) is 4.28. The highest BCUT2D eigenvalue weighted by atomic mass is 16.5. The van der Waals surface area contributed by atoms with Crippen LogP contribution in [0, 0.1) is 0 Å². The van der Waals surface area contributed by atoms with Gasteiger partial charge in [0.05, 0.1) is 5.70 Å². The number of benzene rings is 2. The zero-order chi connectivity index (χ0) is 21.7. The van der Waals surface area contributed by atoms with E-state index in [2.05, 4.69) is 76.1 Å². The average molecular weight is 422 g/mol. The summed E-state index contributed by atoms with van der Waals surface area (Å²) in [6.45, 7) is 4.40. The van der Waals surface area contributed by atoms with Crippen molar-refractivity contribution in [3.8, 4) is 5.75 Å². The minimum absolute atomic E-state index is 0.243. The fourth-order valence-electron chi connectivity index (χ4n) is 4.53. The standard InChI is InChI=1S/C25H22N6O/c1-15(2)16-9-11-17(12-10-16)24-21-22(19-7-3-4-8-20(19)32-24)27-25-28-29-30-31(25)23(21)18-6-5-13-26-14-18/h3-15,23-24H,1-2H3,(H,27,28,30). The zero-order valence-electron chi connectivity index (χ0n) is 17.8. The monoisotopic (exact) mass is 422 g/mol. The molecule has 0 bridgehead atoms. The first kappa shape index (κ1) is 18.7. The molecule has 0 fully saturated rings. The van der Waals surface area contributed by atoms with Crippen LogP contribution < -0.4 is 10.1 Å². The second-order valence-corrected chi connectivity index (χ2v) is 8.41. The number of anilines is 1. The van der Waals surface area contributed by atoms with E-state index in [0.717, 1.165) is 33.7 Å². The highest BCUT2D eigenvalue weighted by Crippen LogP contribution is 2.50. The maximum absolute atomic E-state index is 6.63. The van der Waals surface area contributed by atoms with Gasteiger partial charge in [-0.05, 0) is 51.2 Å². The van der Waals surface area contributed by atoms with Gasteiger partial charge >= 0.3 is 0 Å². The second-order valence-electron chi connectivity index (χ2n) is 8.41. The minimum Gasteiger partial charge on any atom is -0.480 e. The van der Waals surface area contributed by atoms with Gasteiger partial charge in [-0.3, -0.25) is 4.98 Å². The molecule has 2 aromatic carbocycles. The van der Waals surface area contributed by atoms with Gasteiger partial charge in [0.25, 0.3) is 0 Å². The van der Waals surface area contributed by atoms with Crippen LogP contribution >= 0.6 is 0 Å². The Morgan fingerprint density at radius 2 is 1.81 bits per heavy atom. The van der Waals surface area contributed by atoms with Gasteiger partial charge in [-0.25, -0.2) is 0 Å². The van der Waals surface area contributed by atoms with Crippen molar-refractivity contribution < 1.29 is 4.74 Å². The molecule has 0 amide bonds. The van der Waals surface area contributed by atoms with Crippen LogP contribution in [0.4, 0.5) is 5.95 Å². The molecule has 0 radical (unpaired) electrons. The van der Waals surface area contributed by atoms with Crippen molar-refractivity contribution in [1.82, 2.24) is 25.2 Å². The van der Waals surface area contributed by atoms with E-state index < -0.39 is 0 Å². The Morgan fingerprint density at radius 1 is 0.969 bits per heavy atom. The van der Waals surface area contributed by atoms with Gasteiger partial charge in [0, 0.05) is 23.5 Å². The molecule has 0 spiro atoms. The maximum atomic E-state index is 6.63. The third-order valence-corrected chi connectivity index (χ3v) is 6.15. The van der Waals surface area contributed by atoms with Gasteiger partial charge in [-0.15, -0.1) is 0 Å². The van der Waals surface area contributed by atoms with Gasteiger partial charge in [-0.2, -0.15) is 4.68 Å². The third kappa shape index (κ3) is 2.89. The lowest BCUT2D eigenvalue weighted by atomic mass is 9.84. The smallest absolute Gasteiger partial charge is 0.248 e. The Bertz CT molecular complexity index is 1310. The normalized spacial score (nSPS) is 19.0. The SMILES string of the molecule is CC(C)c1ccc(C2Oc3ccccc3C3=C2C(c2cccnc2)n2nnnc2N3)cc1. The molecule has 6 rings (SSSR count). The van der Waals surface area contributed by atoms with Crippen LogP contribution in [0.1, 0.15) is 54.2 Å². The molecule has 2 unspecified atom stereocenters. The number of para-hydroxylation sites is 1. The quantitative estimate of drug-likeness (QED) is 0.513. The van der Waals surface area contributed by atoms with Crippen LogP contribution in [0.15, 0.2) is 78.6 Å². The van der Waals surface area contributed by atoms with Gasteiger partial charge in [0.2, 0.25) is 5.95 Å². The molecule has 4 aromatic rings. The topological polar surface area (TPSA) is 77.8 Å². The molecule has 2 aliphatic heterocycles. The molecular formula is C25H22N6O. The number of hydrogen-bond donors (Lipinski definition) is 1. The number of tetrazole rings is 1. The molecule has 7 nitrogen and oxygen atoms in total. The summed E-state index contributed by atoms with van der Waals surface area (Å²) < 4.78 is 8.44. The van der Waals surface area contributed by atoms with Crippen LogP contribution in [0.3, 0.4) is 0 Å². The van der Waals surface area contributed by atoms with Crippen LogP contribution in [0.2, 0.25) is 0 Å². The molecule has 158 valence electrons. The molecule has 7 heteroatoms. The summed E-state index contributed by atoms with van der Waals surface area (Å²) in [5, 5.41) is 15.9. The molecule has 32 heavy (non-hydrogen) atoms. The fraction of sp³-hybridized carbons (Fsp3) is 0.200. The fourth-order valence-corrected chi connectivity index (χ4v) is 4.53. The van der Waals surface area contributed by atoms with Crippen LogP contribution in [0.25, 0.3) is 5.70 Å². The third-order valence-electron chi connectivity index (χ3n) is 6.15. The molecule has 2 atom stereocenters. The predicted octanol–water partition coefficient (Wildman–Crippen LogP) is 4.75. The van der Waals surface area contributed by atoms with Crippen molar-refractivity contribution in [3.05, 3.63) is 101 Å². The van der Waals surface area contributed by atoms with Crippen LogP contribution in [-0.2, 0) is 0 Å². The number of aromatic nitrogens is 5. The van der Waals surface area contributed by atoms with Gasteiger partial charge in [0.15, 0.2) is 0 Å². The number of ether oxygens (including phenoxy) is 1. The number of nitrogens with one attached hydrogen (secondary N) is 1. The summed E-state index contributed by atoms with van der Waals surface area (Å²) in [5.41, 5.74) is 6.44. The Balaban J connectivity index is 1.58. The molecule has 0 aliphatic carbocycles. The van der Waals surface area contributed by atoms with E-state index in [1.54, 1.807) is 6.20 Å². The summed E-state index contributed by atoms with van der Waals surface area (Å²) in [5.74, 6) is 1.90. The molecule has 0 saturated carbocycles. The van der Waals surface area contributed by atoms with E-state index in [9.17, 15) is 0 Å². The van der Waals surface area contributed by atoms with Crippen molar-refractivity contribution >= 4 is 11.6 Å². The van der Waals surface area contributed by atoms with E-state index in [1.165, 1.54) is 5.56 Å². The second kappa shape index (κ2) is 7.30. The van der Waals surface area contributed by atoms with Crippen molar-refractivity contribution in [1.29, 1.82) is 0 Å². The number of nitrogens with zero attached hydrogens (tertiary/aromatic N) is 5. The first-order chi connectivity index (χ1) is 15.7. The van der Waals surface area contributed by atoms with E-state index >= 15 is 0 Å². The first-order valence-corrected chi connectivity index (χ1v) is 10.8. The van der Waals surface area contributed by atoms with Crippen LogP contribution in [-0.4, -0.2) is 25.2 Å². The highest BCUT2D eigenvalue weighted by Gasteiger charge is 2.41. The summed E-state index contributed by atoms with van der Waals surface area (Å²) in [6.07, 6.45) is 3.34. The lowest BCUT2D eigenvalue weighted by Crippen LogP contribution is -2.32. The number of pyridine rings is 1. The lowest BCUT2D eigenvalue weighted by molar-refractivity contribution is 0.222. The Hall–Kier alpha value is -4.00. The largest absolute Gasteiger partial charge is 0.480 e. The molecule has 2 aliphatic rings.